The first kappa shape index (κ1) is 30.4. The highest BCUT2D eigenvalue weighted by Gasteiger charge is 2.35. The highest BCUT2D eigenvalue weighted by atomic mass is 28.4. The summed E-state index contributed by atoms with van der Waals surface area (Å²) in [5.41, 5.74) is 5.16. The Hall–Kier alpha value is -1.61. The lowest BCUT2D eigenvalue weighted by molar-refractivity contribution is 1.35. The van der Waals surface area contributed by atoms with Crippen LogP contribution in [0.25, 0.3) is 12.2 Å². The summed E-state index contributed by atoms with van der Waals surface area (Å²) in [6.07, 6.45) is 3.80. The van der Waals surface area contributed by atoms with Gasteiger partial charge in [-0.05, 0) is 35.4 Å². The summed E-state index contributed by atoms with van der Waals surface area (Å²) in [5.74, 6) is 0. The molecule has 0 aromatic heterocycles. The molecule has 0 aliphatic heterocycles. The van der Waals surface area contributed by atoms with E-state index in [2.05, 4.69) is 149 Å². The second kappa shape index (κ2) is 11.4. The number of nitrogens with zero attached hydrogens (tertiary/aromatic N) is 2. The Balaban J connectivity index is 0.000000340. The largest absolute Gasteiger partial charge is 0.425 e. The second-order valence-corrected chi connectivity index (χ2v) is 33.0. The van der Waals surface area contributed by atoms with Crippen LogP contribution < -0.4 is 8.46 Å². The first-order chi connectivity index (χ1) is 15.3. The van der Waals surface area contributed by atoms with Gasteiger partial charge in [0.1, 0.15) is 32.9 Å². The zero-order valence-electron chi connectivity index (χ0n) is 24.1. The Bertz CT molecular complexity index is 816. The van der Waals surface area contributed by atoms with E-state index >= 15 is 0 Å². The molecule has 2 nitrogen and oxygen atoms in total. The number of benzene rings is 2. The Labute approximate surface area is 215 Å². The van der Waals surface area contributed by atoms with Gasteiger partial charge in [0.2, 0.25) is 0 Å². The lowest BCUT2D eigenvalue weighted by Crippen LogP contribution is -2.59. The van der Waals surface area contributed by atoms with Crippen LogP contribution in [0.1, 0.15) is 11.1 Å². The number of hydrogen-bond donors (Lipinski definition) is 0. The van der Waals surface area contributed by atoms with Crippen LogP contribution in [0.2, 0.25) is 78.6 Å². The van der Waals surface area contributed by atoms with E-state index in [4.69, 9.17) is 0 Å². The lowest BCUT2D eigenvalue weighted by atomic mass is 10.2. The van der Waals surface area contributed by atoms with E-state index in [-0.39, 0.29) is 0 Å². The summed E-state index contributed by atoms with van der Waals surface area (Å²) in [4.78, 5) is 0. The molecule has 0 bridgehead atoms. The molecule has 0 saturated heterocycles. The zero-order valence-corrected chi connectivity index (χ0v) is 28.1. The predicted molar refractivity (Wildman–Crippen MR) is 171 cm³/mol. The molecule has 0 saturated carbocycles. The van der Waals surface area contributed by atoms with Crippen LogP contribution >= 0.6 is 0 Å². The SMILES string of the molecule is C=Cc1ccc(N([Si](C)(C)C)[Si](C)(C)C)cc1.C=Cc1ccc(N([Si](C)(C)C)[Si](C)(C)C)cc1. The molecule has 2 aromatic rings. The fourth-order valence-electron chi connectivity index (χ4n) is 5.08. The highest BCUT2D eigenvalue weighted by molar-refractivity contribution is 6.99. The fraction of sp³-hybridized carbons (Fsp3) is 0.429. The van der Waals surface area contributed by atoms with E-state index in [1.807, 2.05) is 12.2 Å². The summed E-state index contributed by atoms with van der Waals surface area (Å²) in [6.45, 7) is 36.7. The van der Waals surface area contributed by atoms with E-state index in [0.717, 1.165) is 0 Å². The minimum atomic E-state index is -1.32. The minimum Gasteiger partial charge on any atom is -0.425 e. The van der Waals surface area contributed by atoms with Gasteiger partial charge in [-0.1, -0.05) is 128 Å². The number of anilines is 2. The van der Waals surface area contributed by atoms with Gasteiger partial charge in [-0.2, -0.15) is 0 Å². The van der Waals surface area contributed by atoms with Gasteiger partial charge in [0.05, 0.1) is 0 Å². The summed E-state index contributed by atoms with van der Waals surface area (Å²) < 4.78 is 5.46. The van der Waals surface area contributed by atoms with Gasteiger partial charge in [-0.25, -0.2) is 0 Å². The standard InChI is InChI=1S/2C14H25NSi2/c2*1-8-13-9-11-14(12-10-13)15(16(2,3)4)17(5,6)7/h2*8-12H,1H2,2-7H3. The molecule has 0 radical (unpaired) electrons. The van der Waals surface area contributed by atoms with Gasteiger partial charge < -0.3 is 8.46 Å². The summed E-state index contributed by atoms with van der Waals surface area (Å²) in [7, 11) is -5.28. The first-order valence-electron chi connectivity index (χ1n) is 12.4. The topological polar surface area (TPSA) is 6.48 Å². The van der Waals surface area contributed by atoms with Crippen LogP contribution in [0.5, 0.6) is 0 Å². The van der Waals surface area contributed by atoms with Crippen LogP contribution in [-0.4, -0.2) is 32.9 Å². The van der Waals surface area contributed by atoms with Crippen LogP contribution in [0.15, 0.2) is 61.7 Å². The van der Waals surface area contributed by atoms with E-state index in [1.54, 1.807) is 0 Å². The quantitative estimate of drug-likeness (QED) is 0.316. The maximum Gasteiger partial charge on any atom is 0.138 e. The molecule has 0 N–H and O–H groups in total. The molecule has 0 amide bonds. The molecule has 0 heterocycles. The van der Waals surface area contributed by atoms with Crippen LogP contribution in [-0.2, 0) is 0 Å². The van der Waals surface area contributed by atoms with Gasteiger partial charge in [-0.3, -0.25) is 0 Å². The van der Waals surface area contributed by atoms with Gasteiger partial charge in [0.15, 0.2) is 0 Å². The summed E-state index contributed by atoms with van der Waals surface area (Å²) in [5, 5.41) is 0. The summed E-state index contributed by atoms with van der Waals surface area (Å²) >= 11 is 0. The van der Waals surface area contributed by atoms with Crippen molar-refractivity contribution in [2.75, 3.05) is 8.46 Å². The van der Waals surface area contributed by atoms with Crippen molar-refractivity contribution in [2.45, 2.75) is 78.6 Å². The molecule has 0 aliphatic carbocycles. The van der Waals surface area contributed by atoms with Crippen molar-refractivity contribution >= 4 is 56.5 Å². The van der Waals surface area contributed by atoms with E-state index in [9.17, 15) is 0 Å². The monoisotopic (exact) mass is 526 g/mol. The fourth-order valence-corrected chi connectivity index (χ4v) is 24.9. The molecular weight excluding hydrogens is 477 g/mol. The molecule has 0 aliphatic rings. The maximum absolute atomic E-state index is 3.81. The van der Waals surface area contributed by atoms with Crippen molar-refractivity contribution in [1.29, 1.82) is 0 Å². The van der Waals surface area contributed by atoms with Crippen molar-refractivity contribution in [3.8, 4) is 0 Å². The van der Waals surface area contributed by atoms with Crippen LogP contribution in [0.3, 0.4) is 0 Å². The van der Waals surface area contributed by atoms with Crippen molar-refractivity contribution in [1.82, 2.24) is 0 Å². The molecular formula is C28H50N2Si4. The average Bonchev–Trinajstić information content (AvgIpc) is 2.65. The highest BCUT2D eigenvalue weighted by Crippen LogP contribution is 2.29. The Kier molecular flexibility index (Phi) is 10.2. The molecule has 0 atom stereocenters. The third-order valence-corrected chi connectivity index (χ3v) is 19.9. The number of rotatable bonds is 8. The van der Waals surface area contributed by atoms with Gasteiger partial charge in [0, 0.05) is 11.4 Å². The van der Waals surface area contributed by atoms with Gasteiger partial charge in [0.25, 0.3) is 0 Å². The zero-order chi connectivity index (χ0) is 26.5. The predicted octanol–water partition coefficient (Wildman–Crippen LogP) is 9.61. The van der Waals surface area contributed by atoms with Crippen molar-refractivity contribution < 1.29 is 0 Å². The van der Waals surface area contributed by atoms with Gasteiger partial charge in [-0.15, -0.1) is 0 Å². The maximum atomic E-state index is 3.81. The molecule has 2 rings (SSSR count). The molecule has 34 heavy (non-hydrogen) atoms. The lowest BCUT2D eigenvalue weighted by Gasteiger charge is -2.46. The molecule has 2 aromatic carbocycles. The molecule has 0 fully saturated rings. The smallest absolute Gasteiger partial charge is 0.138 e. The third kappa shape index (κ3) is 8.87. The molecule has 188 valence electrons. The van der Waals surface area contributed by atoms with E-state index in [0.29, 0.717) is 0 Å². The van der Waals surface area contributed by atoms with E-state index < -0.39 is 32.9 Å². The molecule has 6 heteroatoms. The van der Waals surface area contributed by atoms with Crippen LogP contribution in [0, 0.1) is 0 Å². The molecule has 0 spiro atoms. The Morgan fingerprint density at radius 2 is 0.647 bits per heavy atom. The number of hydrogen-bond acceptors (Lipinski definition) is 2. The normalized spacial score (nSPS) is 12.4. The first-order valence-corrected chi connectivity index (χ1v) is 26.2. The Morgan fingerprint density at radius 3 is 0.794 bits per heavy atom. The van der Waals surface area contributed by atoms with Gasteiger partial charge >= 0.3 is 0 Å². The van der Waals surface area contributed by atoms with Crippen LogP contribution in [0.4, 0.5) is 11.4 Å². The molecule has 0 unspecified atom stereocenters. The van der Waals surface area contributed by atoms with Crippen molar-refractivity contribution in [3.05, 3.63) is 72.8 Å². The summed E-state index contributed by atoms with van der Waals surface area (Å²) in [6, 6.07) is 17.6. The van der Waals surface area contributed by atoms with Crippen molar-refractivity contribution in [3.63, 3.8) is 0 Å². The van der Waals surface area contributed by atoms with Crippen molar-refractivity contribution in [2.24, 2.45) is 0 Å². The minimum absolute atomic E-state index is 1.19. The Morgan fingerprint density at radius 1 is 0.441 bits per heavy atom. The second-order valence-electron chi connectivity index (χ2n) is 12.9. The average molecular weight is 527 g/mol. The van der Waals surface area contributed by atoms with E-state index in [1.165, 1.54) is 22.5 Å². The third-order valence-electron chi connectivity index (χ3n) is 5.46.